The predicted octanol–water partition coefficient (Wildman–Crippen LogP) is 5.50. The normalized spacial score (nSPS) is 20.6. The Kier molecular flexibility index (Phi) is 9.10. The number of amides is 2. The number of aromatic nitrogens is 6. The number of hydrogen-bond donors (Lipinski definition) is 0. The van der Waals surface area contributed by atoms with Crippen molar-refractivity contribution in [1.29, 1.82) is 0 Å². The fourth-order valence-corrected chi connectivity index (χ4v) is 8.35. The molecule has 0 bridgehead atoms. The van der Waals surface area contributed by atoms with Gasteiger partial charge in [-0.15, -0.1) is 5.10 Å². The van der Waals surface area contributed by atoms with E-state index in [2.05, 4.69) is 51.2 Å². The molecular formula is C39H44FN9O3. The molecule has 7 heterocycles. The zero-order valence-corrected chi connectivity index (χ0v) is 29.7. The summed E-state index contributed by atoms with van der Waals surface area (Å²) in [5.41, 5.74) is 5.25. The molecule has 0 N–H and O–H groups in total. The van der Waals surface area contributed by atoms with Gasteiger partial charge >= 0.3 is 0 Å². The third kappa shape index (κ3) is 6.15. The van der Waals surface area contributed by atoms with Crippen LogP contribution < -0.4 is 9.64 Å². The molecule has 2 amide bonds. The van der Waals surface area contributed by atoms with Gasteiger partial charge in [0.05, 0.1) is 42.8 Å². The molecular weight excluding hydrogens is 661 g/mol. The van der Waals surface area contributed by atoms with Gasteiger partial charge in [0, 0.05) is 98.3 Å². The number of nitrogens with zero attached hydrogens (tertiary/aromatic N) is 9. The third-order valence-corrected chi connectivity index (χ3v) is 11.4. The van der Waals surface area contributed by atoms with Crippen molar-refractivity contribution >= 4 is 28.5 Å². The first kappa shape index (κ1) is 33.8. The summed E-state index contributed by atoms with van der Waals surface area (Å²) >= 11 is 0. The first-order chi connectivity index (χ1) is 25.3. The molecule has 52 heavy (non-hydrogen) atoms. The van der Waals surface area contributed by atoms with E-state index in [1.165, 1.54) is 31.3 Å². The van der Waals surface area contributed by atoms with E-state index in [1.807, 2.05) is 33.0 Å². The number of aryl methyl sites for hydroxylation is 1. The van der Waals surface area contributed by atoms with Crippen molar-refractivity contribution in [2.75, 3.05) is 51.3 Å². The molecule has 4 aliphatic rings. The van der Waals surface area contributed by atoms with Gasteiger partial charge in [-0.05, 0) is 63.3 Å². The standard InChI is InChI=1S/C29H28FN5O2.C10H16N4O/c1-29-7-5-23(29)25-21(4-3-8-31-25)22-15-19(14-18-6-9-35(29)26(18)22)28(36)34-12-10-33(11-13-34)27-24(37-2)16-20(30)17-32-27;15-10(13-6-2-1-3-7-13)4-8-14-9-5-11-12-14/h3-4,6,8-9,14-17,23H,5,7,10-13H2,1-2H3;5,9H,1-4,6-8H2. The van der Waals surface area contributed by atoms with Crippen LogP contribution in [0.3, 0.4) is 0 Å². The zero-order chi connectivity index (χ0) is 35.8. The molecule has 9 rings (SSSR count). The Balaban J connectivity index is 0.000000216. The number of benzene rings is 1. The highest BCUT2D eigenvalue weighted by atomic mass is 19.1. The van der Waals surface area contributed by atoms with Gasteiger partial charge in [-0.3, -0.25) is 19.3 Å². The van der Waals surface area contributed by atoms with Crippen LogP contribution in [0.25, 0.3) is 22.0 Å². The lowest BCUT2D eigenvalue weighted by Gasteiger charge is -2.47. The number of carbonyl (C=O) groups is 2. The number of ether oxygens (including phenoxy) is 1. The van der Waals surface area contributed by atoms with E-state index in [0.717, 1.165) is 61.0 Å². The molecule has 0 radical (unpaired) electrons. The number of hydrogen-bond acceptors (Lipinski definition) is 8. The predicted molar refractivity (Wildman–Crippen MR) is 195 cm³/mol. The molecule has 5 aromatic rings. The maximum atomic E-state index is 13.7. The van der Waals surface area contributed by atoms with E-state index < -0.39 is 5.82 Å². The Morgan fingerprint density at radius 1 is 0.942 bits per heavy atom. The van der Waals surface area contributed by atoms with Crippen molar-refractivity contribution in [1.82, 2.24) is 39.3 Å². The third-order valence-electron chi connectivity index (χ3n) is 11.4. The van der Waals surface area contributed by atoms with E-state index in [9.17, 15) is 14.0 Å². The summed E-state index contributed by atoms with van der Waals surface area (Å²) < 4.78 is 23.0. The number of pyridine rings is 2. The highest BCUT2D eigenvalue weighted by Gasteiger charge is 2.49. The summed E-state index contributed by atoms with van der Waals surface area (Å²) in [6, 6.07) is 11.7. The molecule has 3 aliphatic heterocycles. The molecule has 2 atom stereocenters. The lowest BCUT2D eigenvalue weighted by molar-refractivity contribution is -0.132. The van der Waals surface area contributed by atoms with Gasteiger partial charge in [0.1, 0.15) is 5.82 Å². The summed E-state index contributed by atoms with van der Waals surface area (Å²) in [7, 11) is 1.51. The molecule has 3 fully saturated rings. The molecule has 2 unspecified atom stereocenters. The second-order valence-electron chi connectivity index (χ2n) is 14.3. The summed E-state index contributed by atoms with van der Waals surface area (Å²) in [5, 5.41) is 8.62. The lowest BCUT2D eigenvalue weighted by Crippen LogP contribution is -2.49. The second kappa shape index (κ2) is 14.0. The summed E-state index contributed by atoms with van der Waals surface area (Å²) in [6.07, 6.45) is 15.0. The minimum atomic E-state index is -0.433. The summed E-state index contributed by atoms with van der Waals surface area (Å²) in [4.78, 5) is 40.5. The van der Waals surface area contributed by atoms with Crippen LogP contribution in [0.2, 0.25) is 0 Å². The Labute approximate surface area is 302 Å². The number of likely N-dealkylation sites (tertiary alicyclic amines) is 1. The van der Waals surface area contributed by atoms with Gasteiger partial charge in [0.15, 0.2) is 11.6 Å². The van der Waals surface area contributed by atoms with Crippen LogP contribution in [0.4, 0.5) is 10.2 Å². The van der Waals surface area contributed by atoms with Crippen LogP contribution in [-0.4, -0.2) is 97.5 Å². The Bertz CT molecular complexity index is 2090. The smallest absolute Gasteiger partial charge is 0.254 e. The Morgan fingerprint density at radius 3 is 2.50 bits per heavy atom. The fraction of sp³-hybridized carbons (Fsp3) is 0.436. The maximum Gasteiger partial charge on any atom is 0.254 e. The minimum absolute atomic E-state index is 0.00734. The summed E-state index contributed by atoms with van der Waals surface area (Å²) in [6.45, 7) is 7.11. The highest BCUT2D eigenvalue weighted by Crippen LogP contribution is 2.56. The van der Waals surface area contributed by atoms with E-state index >= 15 is 0 Å². The van der Waals surface area contributed by atoms with Gasteiger partial charge < -0.3 is 24.0 Å². The molecule has 13 heteroatoms. The van der Waals surface area contributed by atoms with E-state index in [0.29, 0.717) is 62.2 Å². The lowest BCUT2D eigenvalue weighted by atomic mass is 9.65. The summed E-state index contributed by atoms with van der Waals surface area (Å²) in [5.74, 6) is 1.21. The monoisotopic (exact) mass is 705 g/mol. The van der Waals surface area contributed by atoms with Gasteiger partial charge in [-0.2, -0.15) is 0 Å². The van der Waals surface area contributed by atoms with Crippen molar-refractivity contribution < 1.29 is 18.7 Å². The number of halogens is 1. The van der Waals surface area contributed by atoms with Gasteiger partial charge in [0.25, 0.3) is 5.91 Å². The topological polar surface area (TPSA) is 115 Å². The van der Waals surface area contributed by atoms with E-state index in [4.69, 9.17) is 9.72 Å². The number of methoxy groups -OCH3 is 1. The second-order valence-corrected chi connectivity index (χ2v) is 14.3. The zero-order valence-electron chi connectivity index (χ0n) is 29.7. The SMILES string of the molecule is COc1cc(F)cnc1N1CCN(C(=O)c2cc3c4c(ccn4C4(C)CCC4c4ncccc4-3)c2)CC1.O=C(CCn1ccnn1)N1CCCCC1. The molecule has 2 saturated heterocycles. The van der Waals surface area contributed by atoms with Crippen molar-refractivity contribution in [3.05, 3.63) is 84.5 Å². The first-order valence-corrected chi connectivity index (χ1v) is 18.3. The molecule has 1 aromatic carbocycles. The van der Waals surface area contributed by atoms with Crippen molar-refractivity contribution in [3.8, 4) is 16.9 Å². The number of piperazine rings is 1. The van der Waals surface area contributed by atoms with E-state index in [-0.39, 0.29) is 17.4 Å². The molecule has 12 nitrogen and oxygen atoms in total. The number of anilines is 1. The quantitative estimate of drug-likeness (QED) is 0.228. The van der Waals surface area contributed by atoms with Gasteiger partial charge in [-0.25, -0.2) is 9.37 Å². The van der Waals surface area contributed by atoms with Crippen LogP contribution in [0.5, 0.6) is 5.75 Å². The van der Waals surface area contributed by atoms with Crippen LogP contribution >= 0.6 is 0 Å². The van der Waals surface area contributed by atoms with Crippen molar-refractivity contribution in [2.45, 2.75) is 63.5 Å². The van der Waals surface area contributed by atoms with Crippen LogP contribution in [0, 0.1) is 5.82 Å². The molecule has 270 valence electrons. The van der Waals surface area contributed by atoms with Crippen molar-refractivity contribution in [3.63, 3.8) is 0 Å². The Hall–Kier alpha value is -5.33. The van der Waals surface area contributed by atoms with Crippen LogP contribution in [0.15, 0.2) is 67.4 Å². The van der Waals surface area contributed by atoms with Gasteiger partial charge in [-0.1, -0.05) is 11.3 Å². The average Bonchev–Trinajstić information content (AvgIpc) is 3.86. The minimum Gasteiger partial charge on any atom is -0.493 e. The van der Waals surface area contributed by atoms with Gasteiger partial charge in [0.2, 0.25) is 5.91 Å². The average molecular weight is 706 g/mol. The number of carbonyl (C=O) groups excluding carboxylic acids is 2. The number of fused-ring (bicyclic) bond motifs is 5. The number of piperidine rings is 1. The Morgan fingerprint density at radius 2 is 1.77 bits per heavy atom. The molecule has 1 aliphatic carbocycles. The highest BCUT2D eigenvalue weighted by molar-refractivity contribution is 6.04. The van der Waals surface area contributed by atoms with E-state index in [1.54, 1.807) is 17.1 Å². The fourth-order valence-electron chi connectivity index (χ4n) is 8.35. The molecule has 1 saturated carbocycles. The first-order valence-electron chi connectivity index (χ1n) is 18.3. The van der Waals surface area contributed by atoms with Crippen LogP contribution in [0.1, 0.15) is 67.4 Å². The molecule has 4 aromatic heterocycles. The van der Waals surface area contributed by atoms with Crippen LogP contribution in [-0.2, 0) is 16.9 Å². The largest absolute Gasteiger partial charge is 0.493 e. The number of rotatable bonds is 6. The molecule has 0 spiro atoms. The van der Waals surface area contributed by atoms with Crippen molar-refractivity contribution in [2.24, 2.45) is 0 Å². The maximum absolute atomic E-state index is 13.7.